The van der Waals surface area contributed by atoms with E-state index in [1.54, 1.807) is 17.4 Å². The fourth-order valence-corrected chi connectivity index (χ4v) is 2.79. The van der Waals surface area contributed by atoms with Crippen molar-refractivity contribution in [3.05, 3.63) is 53.6 Å². The topological polar surface area (TPSA) is 37.0 Å². The Balaban J connectivity index is 1.98. The van der Waals surface area contributed by atoms with E-state index in [1.807, 2.05) is 12.1 Å². The molecule has 104 valence electrons. The SMILES string of the molecule is C=CCNC(=S)NCc1csc(-c2ccccc2C)n1. The highest BCUT2D eigenvalue weighted by Crippen LogP contribution is 2.26. The molecular formula is C15H17N3S2. The van der Waals surface area contributed by atoms with Crippen molar-refractivity contribution in [1.29, 1.82) is 0 Å². The number of aryl methyl sites for hydroxylation is 1. The van der Waals surface area contributed by atoms with Gasteiger partial charge in [-0.2, -0.15) is 0 Å². The molecule has 0 aliphatic heterocycles. The first kappa shape index (κ1) is 14.7. The molecule has 0 atom stereocenters. The van der Waals surface area contributed by atoms with Gasteiger partial charge >= 0.3 is 0 Å². The van der Waals surface area contributed by atoms with E-state index in [2.05, 4.69) is 46.6 Å². The summed E-state index contributed by atoms with van der Waals surface area (Å²) in [7, 11) is 0. The summed E-state index contributed by atoms with van der Waals surface area (Å²) in [4.78, 5) is 4.64. The third kappa shape index (κ3) is 3.88. The summed E-state index contributed by atoms with van der Waals surface area (Å²) in [5.74, 6) is 0. The maximum absolute atomic E-state index is 5.15. The lowest BCUT2D eigenvalue weighted by atomic mass is 10.1. The van der Waals surface area contributed by atoms with Crippen LogP contribution in [0, 0.1) is 6.92 Å². The van der Waals surface area contributed by atoms with Crippen LogP contribution in [-0.2, 0) is 6.54 Å². The standard InChI is InChI=1S/C15H17N3S2/c1-3-8-16-15(19)17-9-12-10-20-14(18-12)13-7-5-4-6-11(13)2/h3-7,10H,1,8-9H2,2H3,(H2,16,17,19). The van der Waals surface area contributed by atoms with Gasteiger partial charge in [-0.1, -0.05) is 30.3 Å². The summed E-state index contributed by atoms with van der Waals surface area (Å²) in [6.45, 7) is 7.03. The van der Waals surface area contributed by atoms with Gasteiger partial charge in [-0.05, 0) is 24.7 Å². The molecule has 0 amide bonds. The number of aromatic nitrogens is 1. The largest absolute Gasteiger partial charge is 0.359 e. The molecule has 0 saturated carbocycles. The van der Waals surface area contributed by atoms with Crippen molar-refractivity contribution >= 4 is 28.7 Å². The van der Waals surface area contributed by atoms with E-state index in [9.17, 15) is 0 Å². The van der Waals surface area contributed by atoms with Crippen molar-refractivity contribution < 1.29 is 0 Å². The molecule has 0 radical (unpaired) electrons. The zero-order valence-electron chi connectivity index (χ0n) is 11.3. The van der Waals surface area contributed by atoms with Crippen LogP contribution in [0.1, 0.15) is 11.3 Å². The molecule has 2 rings (SSSR count). The first-order valence-corrected chi connectivity index (χ1v) is 7.62. The highest BCUT2D eigenvalue weighted by atomic mass is 32.1. The predicted molar refractivity (Wildman–Crippen MR) is 89.9 cm³/mol. The van der Waals surface area contributed by atoms with Gasteiger partial charge in [0.05, 0.1) is 12.2 Å². The normalized spacial score (nSPS) is 10.1. The highest BCUT2D eigenvalue weighted by molar-refractivity contribution is 7.80. The minimum Gasteiger partial charge on any atom is -0.359 e. The minimum atomic E-state index is 0.621. The average molecular weight is 303 g/mol. The lowest BCUT2D eigenvalue weighted by molar-refractivity contribution is 0.852. The lowest BCUT2D eigenvalue weighted by Gasteiger charge is -2.06. The Labute approximate surface area is 128 Å². The second-order valence-electron chi connectivity index (χ2n) is 4.31. The van der Waals surface area contributed by atoms with Crippen molar-refractivity contribution in [1.82, 2.24) is 15.6 Å². The number of rotatable bonds is 5. The van der Waals surface area contributed by atoms with Gasteiger partial charge in [0, 0.05) is 17.5 Å². The van der Waals surface area contributed by atoms with E-state index >= 15 is 0 Å². The van der Waals surface area contributed by atoms with E-state index < -0.39 is 0 Å². The molecule has 0 saturated heterocycles. The first-order chi connectivity index (χ1) is 9.70. The highest BCUT2D eigenvalue weighted by Gasteiger charge is 2.07. The van der Waals surface area contributed by atoms with E-state index in [-0.39, 0.29) is 0 Å². The molecular weight excluding hydrogens is 286 g/mol. The Morgan fingerprint density at radius 2 is 2.20 bits per heavy atom. The number of hydrogen-bond donors (Lipinski definition) is 2. The number of nitrogens with zero attached hydrogens (tertiary/aromatic N) is 1. The van der Waals surface area contributed by atoms with Gasteiger partial charge in [0.1, 0.15) is 5.01 Å². The fraction of sp³-hybridized carbons (Fsp3) is 0.200. The van der Waals surface area contributed by atoms with Gasteiger partial charge in [-0.15, -0.1) is 17.9 Å². The zero-order valence-corrected chi connectivity index (χ0v) is 13.0. The monoisotopic (exact) mass is 303 g/mol. The van der Waals surface area contributed by atoms with Gasteiger partial charge in [0.25, 0.3) is 0 Å². The molecule has 1 aromatic carbocycles. The first-order valence-electron chi connectivity index (χ1n) is 6.33. The molecule has 0 unspecified atom stereocenters. The van der Waals surface area contributed by atoms with Crippen molar-refractivity contribution in [2.75, 3.05) is 6.54 Å². The fourth-order valence-electron chi connectivity index (χ4n) is 1.72. The summed E-state index contributed by atoms with van der Waals surface area (Å²) in [5.41, 5.74) is 3.43. The zero-order chi connectivity index (χ0) is 14.4. The predicted octanol–water partition coefficient (Wildman–Crippen LogP) is 3.27. The second-order valence-corrected chi connectivity index (χ2v) is 5.58. The maximum Gasteiger partial charge on any atom is 0.166 e. The van der Waals surface area contributed by atoms with Crippen molar-refractivity contribution in [2.45, 2.75) is 13.5 Å². The smallest absolute Gasteiger partial charge is 0.166 e. The van der Waals surface area contributed by atoms with Crippen LogP contribution in [0.3, 0.4) is 0 Å². The molecule has 2 aromatic rings. The molecule has 0 aliphatic rings. The molecule has 20 heavy (non-hydrogen) atoms. The van der Waals surface area contributed by atoms with Crippen molar-refractivity contribution in [3.8, 4) is 10.6 Å². The van der Waals surface area contributed by atoms with Gasteiger partial charge < -0.3 is 10.6 Å². The Kier molecular flexibility index (Phi) is 5.26. The number of thiocarbonyl (C=S) groups is 1. The van der Waals surface area contributed by atoms with Crippen molar-refractivity contribution in [2.24, 2.45) is 0 Å². The van der Waals surface area contributed by atoms with Crippen LogP contribution in [0.2, 0.25) is 0 Å². The third-order valence-electron chi connectivity index (χ3n) is 2.76. The van der Waals surface area contributed by atoms with Gasteiger partial charge in [0.15, 0.2) is 5.11 Å². The van der Waals surface area contributed by atoms with Gasteiger partial charge in [-0.3, -0.25) is 0 Å². The second kappa shape index (κ2) is 7.17. The van der Waals surface area contributed by atoms with Crippen molar-refractivity contribution in [3.63, 3.8) is 0 Å². The molecule has 1 heterocycles. The quantitative estimate of drug-likeness (QED) is 0.656. The number of thiazole rings is 1. The van der Waals surface area contributed by atoms with Crippen LogP contribution < -0.4 is 10.6 Å². The summed E-state index contributed by atoms with van der Waals surface area (Å²) < 4.78 is 0. The molecule has 2 N–H and O–H groups in total. The van der Waals surface area contributed by atoms with E-state index in [0.717, 1.165) is 10.7 Å². The van der Waals surface area contributed by atoms with Gasteiger partial charge in [0.2, 0.25) is 0 Å². The molecule has 0 fully saturated rings. The molecule has 0 bridgehead atoms. The van der Waals surface area contributed by atoms with Crippen LogP contribution in [0.4, 0.5) is 0 Å². The van der Waals surface area contributed by atoms with E-state index in [4.69, 9.17) is 12.2 Å². The lowest BCUT2D eigenvalue weighted by Crippen LogP contribution is -2.34. The maximum atomic E-state index is 5.15. The average Bonchev–Trinajstić information content (AvgIpc) is 2.92. The molecule has 0 aliphatic carbocycles. The van der Waals surface area contributed by atoms with E-state index in [0.29, 0.717) is 18.2 Å². The molecule has 1 aromatic heterocycles. The third-order valence-corrected chi connectivity index (χ3v) is 3.98. The minimum absolute atomic E-state index is 0.621. The molecule has 5 heteroatoms. The van der Waals surface area contributed by atoms with Crippen LogP contribution in [-0.4, -0.2) is 16.6 Å². The Hall–Kier alpha value is -1.72. The Morgan fingerprint density at radius 1 is 1.40 bits per heavy atom. The van der Waals surface area contributed by atoms with Crippen LogP contribution in [0.15, 0.2) is 42.3 Å². The Bertz CT molecular complexity index is 605. The molecule has 0 spiro atoms. The summed E-state index contributed by atoms with van der Waals surface area (Å²) in [6.07, 6.45) is 1.77. The number of nitrogens with one attached hydrogen (secondary N) is 2. The number of hydrogen-bond acceptors (Lipinski definition) is 3. The number of benzene rings is 1. The van der Waals surface area contributed by atoms with Crippen LogP contribution in [0.25, 0.3) is 10.6 Å². The van der Waals surface area contributed by atoms with E-state index in [1.165, 1.54) is 11.1 Å². The Morgan fingerprint density at radius 3 is 2.95 bits per heavy atom. The van der Waals surface area contributed by atoms with Crippen LogP contribution >= 0.6 is 23.6 Å². The van der Waals surface area contributed by atoms with Crippen LogP contribution in [0.5, 0.6) is 0 Å². The summed E-state index contributed by atoms with van der Waals surface area (Å²) in [6, 6.07) is 8.28. The molecule has 3 nitrogen and oxygen atoms in total. The summed E-state index contributed by atoms with van der Waals surface area (Å²) in [5, 5.41) is 9.89. The summed E-state index contributed by atoms with van der Waals surface area (Å²) >= 11 is 6.80. The van der Waals surface area contributed by atoms with Gasteiger partial charge in [-0.25, -0.2) is 4.98 Å².